The second kappa shape index (κ2) is 4.17. The summed E-state index contributed by atoms with van der Waals surface area (Å²) in [5.41, 5.74) is 6.25. The number of allylic oxidation sites excluding steroid dienone is 2. The van der Waals surface area contributed by atoms with Crippen molar-refractivity contribution in [2.45, 2.75) is 25.2 Å². The summed E-state index contributed by atoms with van der Waals surface area (Å²) in [4.78, 5) is 12.5. The highest BCUT2D eigenvalue weighted by Gasteiger charge is 2.39. The molecule has 0 amide bonds. The number of hydrogen-bond acceptors (Lipinski definition) is 1. The largest absolute Gasteiger partial charge is 0.294 e. The minimum absolute atomic E-state index is 0.00444. The lowest BCUT2D eigenvalue weighted by Gasteiger charge is -2.36. The summed E-state index contributed by atoms with van der Waals surface area (Å²) >= 11 is 0. The first-order valence-corrected chi connectivity index (χ1v) is 7.15. The van der Waals surface area contributed by atoms with Gasteiger partial charge in [0.2, 0.25) is 0 Å². The van der Waals surface area contributed by atoms with E-state index in [0.717, 1.165) is 6.42 Å². The fourth-order valence-corrected chi connectivity index (χ4v) is 3.79. The normalized spacial score (nSPS) is 23.4. The van der Waals surface area contributed by atoms with Crippen LogP contribution in [0.15, 0.2) is 60.2 Å². The van der Waals surface area contributed by atoms with E-state index in [4.69, 9.17) is 0 Å². The van der Waals surface area contributed by atoms with Crippen molar-refractivity contribution in [1.82, 2.24) is 0 Å². The molecule has 2 aliphatic rings. The summed E-state index contributed by atoms with van der Waals surface area (Å²) in [6.45, 7) is 2.07. The maximum atomic E-state index is 12.5. The molecule has 0 aliphatic heterocycles. The van der Waals surface area contributed by atoms with Crippen molar-refractivity contribution < 1.29 is 4.79 Å². The molecule has 0 aromatic heterocycles. The zero-order chi connectivity index (χ0) is 13.7. The lowest BCUT2D eigenvalue weighted by atomic mass is 9.65. The van der Waals surface area contributed by atoms with Gasteiger partial charge in [-0.2, -0.15) is 0 Å². The van der Waals surface area contributed by atoms with Crippen molar-refractivity contribution >= 4 is 5.78 Å². The number of ketones is 1. The molecule has 20 heavy (non-hydrogen) atoms. The Labute approximate surface area is 119 Å². The summed E-state index contributed by atoms with van der Waals surface area (Å²) in [5, 5.41) is 0. The molecule has 2 aromatic carbocycles. The smallest absolute Gasteiger partial charge is 0.163 e. The van der Waals surface area contributed by atoms with Crippen molar-refractivity contribution in [2.24, 2.45) is 0 Å². The third-order valence-corrected chi connectivity index (χ3v) is 4.59. The number of fused-ring (bicyclic) bond motifs is 6. The first-order valence-electron chi connectivity index (χ1n) is 7.15. The number of carbonyl (C=O) groups is 1. The maximum absolute atomic E-state index is 12.5. The minimum atomic E-state index is 0.00444. The van der Waals surface area contributed by atoms with E-state index < -0.39 is 0 Å². The van der Waals surface area contributed by atoms with Crippen LogP contribution in [0.4, 0.5) is 0 Å². The van der Waals surface area contributed by atoms with E-state index in [9.17, 15) is 4.79 Å². The SMILES string of the molecule is CC1=CC(=O)[C@@H]2c3ccccc3-c3ccccc3[C@@H]2C1. The zero-order valence-electron chi connectivity index (χ0n) is 11.5. The fraction of sp³-hybridized carbons (Fsp3) is 0.211. The molecule has 0 heterocycles. The monoisotopic (exact) mass is 260 g/mol. The van der Waals surface area contributed by atoms with Crippen LogP contribution in [-0.2, 0) is 4.79 Å². The van der Waals surface area contributed by atoms with Gasteiger partial charge in [0.25, 0.3) is 0 Å². The molecule has 0 spiro atoms. The van der Waals surface area contributed by atoms with Crippen molar-refractivity contribution in [1.29, 1.82) is 0 Å². The van der Waals surface area contributed by atoms with Crippen molar-refractivity contribution in [3.8, 4) is 11.1 Å². The third kappa shape index (κ3) is 1.53. The number of rotatable bonds is 0. The first-order chi connectivity index (χ1) is 9.75. The number of carbonyl (C=O) groups excluding carboxylic acids is 1. The molecule has 0 fully saturated rings. The Balaban J connectivity index is 2.03. The van der Waals surface area contributed by atoms with Gasteiger partial charge < -0.3 is 0 Å². The molecular weight excluding hydrogens is 244 g/mol. The zero-order valence-corrected chi connectivity index (χ0v) is 11.5. The predicted octanol–water partition coefficient (Wildman–Crippen LogP) is 4.45. The average molecular weight is 260 g/mol. The quantitative estimate of drug-likeness (QED) is 0.683. The van der Waals surface area contributed by atoms with E-state index in [1.54, 1.807) is 0 Å². The van der Waals surface area contributed by atoms with Gasteiger partial charge in [-0.15, -0.1) is 0 Å². The van der Waals surface area contributed by atoms with Crippen LogP contribution in [0.25, 0.3) is 11.1 Å². The summed E-state index contributed by atoms with van der Waals surface area (Å²) < 4.78 is 0. The average Bonchev–Trinajstić information content (AvgIpc) is 2.47. The van der Waals surface area contributed by atoms with Gasteiger partial charge in [0, 0.05) is 5.92 Å². The van der Waals surface area contributed by atoms with Gasteiger partial charge in [-0.25, -0.2) is 0 Å². The van der Waals surface area contributed by atoms with Crippen LogP contribution >= 0.6 is 0 Å². The molecule has 4 rings (SSSR count). The van der Waals surface area contributed by atoms with Gasteiger partial charge >= 0.3 is 0 Å². The molecule has 0 saturated heterocycles. The summed E-state index contributed by atoms with van der Waals surface area (Å²) in [6, 6.07) is 16.9. The highest BCUT2D eigenvalue weighted by atomic mass is 16.1. The highest BCUT2D eigenvalue weighted by Crippen LogP contribution is 2.51. The van der Waals surface area contributed by atoms with Crippen molar-refractivity contribution in [2.75, 3.05) is 0 Å². The molecule has 98 valence electrons. The molecule has 2 aliphatic carbocycles. The molecule has 0 bridgehead atoms. The molecule has 1 nitrogen and oxygen atoms in total. The molecule has 0 unspecified atom stereocenters. The third-order valence-electron chi connectivity index (χ3n) is 4.59. The van der Waals surface area contributed by atoms with Crippen LogP contribution in [0.3, 0.4) is 0 Å². The second-order valence-corrected chi connectivity index (χ2v) is 5.86. The Bertz CT molecular complexity index is 739. The Hall–Kier alpha value is -2.15. The Kier molecular flexibility index (Phi) is 2.43. The minimum Gasteiger partial charge on any atom is -0.294 e. The number of hydrogen-bond donors (Lipinski definition) is 0. The molecule has 2 atom stereocenters. The van der Waals surface area contributed by atoms with Gasteiger partial charge in [-0.05, 0) is 41.7 Å². The molecule has 0 saturated carbocycles. The predicted molar refractivity (Wildman–Crippen MR) is 80.7 cm³/mol. The molecular formula is C19H16O. The highest BCUT2D eigenvalue weighted by molar-refractivity contribution is 6.00. The topological polar surface area (TPSA) is 17.1 Å². The van der Waals surface area contributed by atoms with Crippen LogP contribution in [0, 0.1) is 0 Å². The van der Waals surface area contributed by atoms with Crippen LogP contribution in [0.2, 0.25) is 0 Å². The van der Waals surface area contributed by atoms with Crippen molar-refractivity contribution in [3.63, 3.8) is 0 Å². The molecule has 0 N–H and O–H groups in total. The van der Waals surface area contributed by atoms with Crippen molar-refractivity contribution in [3.05, 3.63) is 71.3 Å². The van der Waals surface area contributed by atoms with Gasteiger partial charge in [-0.3, -0.25) is 4.79 Å². The van der Waals surface area contributed by atoms with Gasteiger partial charge in [0.15, 0.2) is 5.78 Å². The van der Waals surface area contributed by atoms with E-state index in [1.165, 1.54) is 27.8 Å². The lowest BCUT2D eigenvalue weighted by molar-refractivity contribution is -0.116. The Morgan fingerprint density at radius 1 is 0.900 bits per heavy atom. The van der Waals surface area contributed by atoms with E-state index in [0.29, 0.717) is 5.92 Å². The summed E-state index contributed by atoms with van der Waals surface area (Å²) in [7, 11) is 0. The second-order valence-electron chi connectivity index (χ2n) is 5.86. The first kappa shape index (κ1) is 11.7. The maximum Gasteiger partial charge on any atom is 0.163 e. The van der Waals surface area contributed by atoms with Gasteiger partial charge in [0.1, 0.15) is 0 Å². The molecule has 2 aromatic rings. The van der Waals surface area contributed by atoms with Gasteiger partial charge in [-0.1, -0.05) is 54.1 Å². The Morgan fingerprint density at radius 2 is 1.50 bits per heavy atom. The van der Waals surface area contributed by atoms with E-state index in [2.05, 4.69) is 49.4 Å². The summed E-state index contributed by atoms with van der Waals surface area (Å²) in [6.07, 6.45) is 2.83. The standard InChI is InChI=1S/C19H16O/c1-12-10-17-15-8-3-2-6-13(15)14-7-4-5-9-16(14)19(17)18(20)11-12/h2-9,11,17,19H,10H2,1H3/t17-,19+/m0/s1. The van der Waals surface area contributed by atoms with Crippen LogP contribution in [0.1, 0.15) is 36.3 Å². The molecule has 1 heteroatoms. The fourth-order valence-electron chi connectivity index (χ4n) is 3.79. The van der Waals surface area contributed by atoms with Gasteiger partial charge in [0.05, 0.1) is 5.92 Å². The number of benzene rings is 2. The van der Waals surface area contributed by atoms with Crippen LogP contribution in [0.5, 0.6) is 0 Å². The summed E-state index contributed by atoms with van der Waals surface area (Å²) in [5.74, 6) is 0.573. The molecule has 0 radical (unpaired) electrons. The Morgan fingerprint density at radius 3 is 2.25 bits per heavy atom. The van der Waals surface area contributed by atoms with E-state index in [-0.39, 0.29) is 11.7 Å². The van der Waals surface area contributed by atoms with E-state index >= 15 is 0 Å². The lowest BCUT2D eigenvalue weighted by Crippen LogP contribution is -2.27. The van der Waals surface area contributed by atoms with Crippen LogP contribution < -0.4 is 0 Å². The van der Waals surface area contributed by atoms with Crippen LogP contribution in [-0.4, -0.2) is 5.78 Å². The van der Waals surface area contributed by atoms with E-state index in [1.807, 2.05) is 12.1 Å².